The Morgan fingerprint density at radius 1 is 1.05 bits per heavy atom. The molecular formula is C17H28BrNO. The van der Waals surface area contributed by atoms with Crippen LogP contribution in [0.5, 0.6) is 5.75 Å². The standard InChI is InChI=1S/C17H28BrNO/c1-3-5-6-7-8-9-12-19-14-15-13-16(18)10-11-17(15)20-4-2/h10-11,13,19H,3-9,12,14H2,1-2H3. The number of hydrogen-bond donors (Lipinski definition) is 1. The summed E-state index contributed by atoms with van der Waals surface area (Å²) < 4.78 is 6.76. The monoisotopic (exact) mass is 341 g/mol. The van der Waals surface area contributed by atoms with Crippen molar-refractivity contribution in [3.8, 4) is 5.75 Å². The smallest absolute Gasteiger partial charge is 0.123 e. The lowest BCUT2D eigenvalue weighted by Gasteiger charge is -2.11. The fourth-order valence-corrected chi connectivity index (χ4v) is 2.64. The Kier molecular flexibility index (Phi) is 9.77. The first-order valence-electron chi connectivity index (χ1n) is 7.89. The van der Waals surface area contributed by atoms with Crippen molar-refractivity contribution in [3.05, 3.63) is 28.2 Å². The van der Waals surface area contributed by atoms with Crippen LogP contribution in [0.3, 0.4) is 0 Å². The summed E-state index contributed by atoms with van der Waals surface area (Å²) in [7, 11) is 0. The molecule has 0 aliphatic carbocycles. The highest BCUT2D eigenvalue weighted by molar-refractivity contribution is 9.10. The zero-order valence-corrected chi connectivity index (χ0v) is 14.5. The Balaban J connectivity index is 2.22. The molecule has 3 heteroatoms. The topological polar surface area (TPSA) is 21.3 Å². The third-order valence-corrected chi connectivity index (χ3v) is 3.84. The third-order valence-electron chi connectivity index (χ3n) is 3.34. The number of unbranched alkanes of at least 4 members (excludes halogenated alkanes) is 5. The zero-order chi connectivity index (χ0) is 14.6. The maximum absolute atomic E-state index is 5.65. The summed E-state index contributed by atoms with van der Waals surface area (Å²) in [5.74, 6) is 0.992. The molecule has 1 N–H and O–H groups in total. The second-order valence-corrected chi connectivity index (χ2v) is 6.05. The molecule has 0 aromatic heterocycles. The van der Waals surface area contributed by atoms with Crippen molar-refractivity contribution in [1.82, 2.24) is 5.32 Å². The van der Waals surface area contributed by atoms with Gasteiger partial charge in [0.25, 0.3) is 0 Å². The molecule has 0 aliphatic heterocycles. The molecule has 114 valence electrons. The van der Waals surface area contributed by atoms with Gasteiger partial charge < -0.3 is 10.1 Å². The number of ether oxygens (including phenoxy) is 1. The van der Waals surface area contributed by atoms with Gasteiger partial charge in [0, 0.05) is 16.6 Å². The van der Waals surface area contributed by atoms with Crippen molar-refractivity contribution in [2.75, 3.05) is 13.2 Å². The van der Waals surface area contributed by atoms with Crippen LogP contribution in [0.15, 0.2) is 22.7 Å². The van der Waals surface area contributed by atoms with Gasteiger partial charge in [0.1, 0.15) is 5.75 Å². The molecule has 1 aromatic carbocycles. The van der Waals surface area contributed by atoms with Crippen LogP contribution in [0, 0.1) is 0 Å². The summed E-state index contributed by atoms with van der Waals surface area (Å²) in [6.45, 7) is 6.96. The second-order valence-electron chi connectivity index (χ2n) is 5.13. The van der Waals surface area contributed by atoms with Gasteiger partial charge >= 0.3 is 0 Å². The summed E-state index contributed by atoms with van der Waals surface area (Å²) in [5.41, 5.74) is 1.23. The molecule has 0 aliphatic rings. The summed E-state index contributed by atoms with van der Waals surface area (Å²) in [6.07, 6.45) is 8.06. The SMILES string of the molecule is CCCCCCCCNCc1cc(Br)ccc1OCC. The normalized spacial score (nSPS) is 10.8. The van der Waals surface area contributed by atoms with Crippen molar-refractivity contribution >= 4 is 15.9 Å². The minimum atomic E-state index is 0.714. The highest BCUT2D eigenvalue weighted by Crippen LogP contribution is 2.23. The van der Waals surface area contributed by atoms with Gasteiger partial charge in [-0.15, -0.1) is 0 Å². The molecule has 0 amide bonds. The minimum Gasteiger partial charge on any atom is -0.494 e. The maximum atomic E-state index is 5.65. The number of benzene rings is 1. The van der Waals surface area contributed by atoms with Crippen LogP contribution in [0.25, 0.3) is 0 Å². The van der Waals surface area contributed by atoms with Gasteiger partial charge in [-0.2, -0.15) is 0 Å². The van der Waals surface area contributed by atoms with E-state index in [2.05, 4.69) is 34.2 Å². The van der Waals surface area contributed by atoms with Gasteiger partial charge in [-0.05, 0) is 38.1 Å². The van der Waals surface area contributed by atoms with Gasteiger partial charge in [0.15, 0.2) is 0 Å². The van der Waals surface area contributed by atoms with Crippen LogP contribution in [0.1, 0.15) is 57.9 Å². The number of hydrogen-bond acceptors (Lipinski definition) is 2. The molecule has 1 aromatic rings. The lowest BCUT2D eigenvalue weighted by atomic mass is 10.1. The Hall–Kier alpha value is -0.540. The van der Waals surface area contributed by atoms with Gasteiger partial charge in [-0.1, -0.05) is 55.0 Å². The van der Waals surface area contributed by atoms with E-state index in [-0.39, 0.29) is 0 Å². The van der Waals surface area contributed by atoms with E-state index < -0.39 is 0 Å². The number of rotatable bonds is 11. The van der Waals surface area contributed by atoms with Crippen LogP contribution in [0.2, 0.25) is 0 Å². The lowest BCUT2D eigenvalue weighted by Crippen LogP contribution is -2.15. The quantitative estimate of drug-likeness (QED) is 0.551. The van der Waals surface area contributed by atoms with E-state index in [1.54, 1.807) is 0 Å². The van der Waals surface area contributed by atoms with E-state index in [4.69, 9.17) is 4.74 Å². The van der Waals surface area contributed by atoms with E-state index in [1.165, 1.54) is 44.1 Å². The first kappa shape index (κ1) is 17.5. The average Bonchev–Trinajstić information content (AvgIpc) is 2.44. The molecule has 0 spiro atoms. The van der Waals surface area contributed by atoms with Gasteiger partial charge in [0.05, 0.1) is 6.61 Å². The zero-order valence-electron chi connectivity index (χ0n) is 12.9. The summed E-state index contributed by atoms with van der Waals surface area (Å²) in [4.78, 5) is 0. The maximum Gasteiger partial charge on any atom is 0.123 e. The van der Waals surface area contributed by atoms with E-state index in [1.807, 2.05) is 19.1 Å². The molecule has 0 saturated heterocycles. The van der Waals surface area contributed by atoms with Crippen LogP contribution in [-0.2, 0) is 6.54 Å². The van der Waals surface area contributed by atoms with Crippen molar-refractivity contribution in [3.63, 3.8) is 0 Å². The van der Waals surface area contributed by atoms with Crippen molar-refractivity contribution in [2.24, 2.45) is 0 Å². The van der Waals surface area contributed by atoms with Gasteiger partial charge in [-0.3, -0.25) is 0 Å². The van der Waals surface area contributed by atoms with Gasteiger partial charge in [0.2, 0.25) is 0 Å². The van der Waals surface area contributed by atoms with Crippen LogP contribution >= 0.6 is 15.9 Å². The molecule has 1 rings (SSSR count). The fraction of sp³-hybridized carbons (Fsp3) is 0.647. The molecule has 0 heterocycles. The fourth-order valence-electron chi connectivity index (χ4n) is 2.24. The predicted molar refractivity (Wildman–Crippen MR) is 90.4 cm³/mol. The first-order valence-corrected chi connectivity index (χ1v) is 8.69. The van der Waals surface area contributed by atoms with Crippen molar-refractivity contribution < 1.29 is 4.74 Å². The molecule has 2 nitrogen and oxygen atoms in total. The van der Waals surface area contributed by atoms with E-state index >= 15 is 0 Å². The second kappa shape index (κ2) is 11.2. The summed E-state index contributed by atoms with van der Waals surface area (Å²) >= 11 is 3.52. The highest BCUT2D eigenvalue weighted by Gasteiger charge is 2.03. The largest absolute Gasteiger partial charge is 0.494 e. The molecule has 0 radical (unpaired) electrons. The first-order chi connectivity index (χ1) is 9.77. The number of nitrogens with one attached hydrogen (secondary N) is 1. The predicted octanol–water partition coefficient (Wildman–Crippen LogP) is 5.30. The Morgan fingerprint density at radius 2 is 1.80 bits per heavy atom. The van der Waals surface area contributed by atoms with Crippen LogP contribution < -0.4 is 10.1 Å². The molecule has 20 heavy (non-hydrogen) atoms. The molecule has 0 fully saturated rings. The molecule has 0 atom stereocenters. The summed E-state index contributed by atoms with van der Waals surface area (Å²) in [5, 5.41) is 3.52. The third kappa shape index (κ3) is 7.30. The Labute approximate surface area is 132 Å². The highest BCUT2D eigenvalue weighted by atomic mass is 79.9. The Bertz CT molecular complexity index is 368. The van der Waals surface area contributed by atoms with E-state index in [9.17, 15) is 0 Å². The minimum absolute atomic E-state index is 0.714. The van der Waals surface area contributed by atoms with E-state index in [0.29, 0.717) is 6.61 Å². The van der Waals surface area contributed by atoms with Crippen molar-refractivity contribution in [1.29, 1.82) is 0 Å². The molecule has 0 unspecified atom stereocenters. The van der Waals surface area contributed by atoms with Crippen LogP contribution in [0.4, 0.5) is 0 Å². The lowest BCUT2D eigenvalue weighted by molar-refractivity contribution is 0.335. The molecular weight excluding hydrogens is 314 g/mol. The van der Waals surface area contributed by atoms with Crippen LogP contribution in [-0.4, -0.2) is 13.2 Å². The molecule has 0 bridgehead atoms. The van der Waals surface area contributed by atoms with E-state index in [0.717, 1.165) is 23.3 Å². The Morgan fingerprint density at radius 3 is 2.55 bits per heavy atom. The van der Waals surface area contributed by atoms with Crippen molar-refractivity contribution in [2.45, 2.75) is 58.9 Å². The number of halogens is 1. The summed E-state index contributed by atoms with van der Waals surface area (Å²) in [6, 6.07) is 6.21. The van der Waals surface area contributed by atoms with Gasteiger partial charge in [-0.25, -0.2) is 0 Å². The molecule has 0 saturated carbocycles. The average molecular weight is 342 g/mol.